The van der Waals surface area contributed by atoms with Gasteiger partial charge in [0, 0.05) is 0 Å². The van der Waals surface area contributed by atoms with Crippen molar-refractivity contribution in [1.82, 2.24) is 0 Å². The molecular formula is C19H18. The number of hydrogen-bond donors (Lipinski definition) is 0. The van der Waals surface area contributed by atoms with Crippen LogP contribution in [0.1, 0.15) is 29.2 Å². The zero-order valence-electron chi connectivity index (χ0n) is 11.3. The minimum Gasteiger partial charge on any atom is -0.0984 e. The molecule has 2 aromatic carbocycles. The van der Waals surface area contributed by atoms with Crippen LogP contribution in [0.15, 0.2) is 50.1 Å². The Balaban J connectivity index is 3.10. The van der Waals surface area contributed by atoms with E-state index in [1.165, 1.54) is 16.3 Å². The smallest absolute Gasteiger partial charge is 0.00991 e. The Bertz CT molecular complexity index is 685. The summed E-state index contributed by atoms with van der Waals surface area (Å²) in [6.07, 6.45) is 9.85. The second kappa shape index (κ2) is 5.53. The highest BCUT2D eigenvalue weighted by Crippen LogP contribution is 2.33. The number of rotatable bonds is 4. The van der Waals surface area contributed by atoms with Crippen LogP contribution in [0.3, 0.4) is 0 Å². The van der Waals surface area contributed by atoms with E-state index in [-0.39, 0.29) is 0 Å². The second-order valence-electron chi connectivity index (χ2n) is 4.31. The maximum absolute atomic E-state index is 3.95. The molecule has 94 valence electrons. The number of allylic oxidation sites excluding steroid dienone is 1. The highest BCUT2D eigenvalue weighted by Gasteiger charge is 2.12. The Labute approximate surface area is 115 Å². The highest BCUT2D eigenvalue weighted by molar-refractivity contribution is 6.02. The third-order valence-corrected chi connectivity index (χ3v) is 3.32. The van der Waals surface area contributed by atoms with E-state index in [2.05, 4.69) is 56.2 Å². The quantitative estimate of drug-likeness (QED) is 0.639. The zero-order chi connectivity index (χ0) is 13.8. The summed E-state index contributed by atoms with van der Waals surface area (Å²) in [5.41, 5.74) is 4.51. The van der Waals surface area contributed by atoms with E-state index >= 15 is 0 Å². The predicted octanol–water partition coefficient (Wildman–Crippen LogP) is 5.80. The summed E-state index contributed by atoms with van der Waals surface area (Å²) in [7, 11) is 0. The average Bonchev–Trinajstić information content (AvgIpc) is 2.46. The third-order valence-electron chi connectivity index (χ3n) is 3.32. The van der Waals surface area contributed by atoms with Crippen LogP contribution in [-0.4, -0.2) is 0 Å². The molecule has 0 fully saturated rings. The molecule has 0 bridgehead atoms. The number of benzene rings is 2. The van der Waals surface area contributed by atoms with Crippen LogP contribution in [0.2, 0.25) is 0 Å². The SMILES string of the molecule is C=Cc1c(C=C)c(/C=C\C)c2ccccc2c1C=C. The maximum atomic E-state index is 3.95. The van der Waals surface area contributed by atoms with Crippen LogP contribution in [0.25, 0.3) is 35.1 Å². The summed E-state index contributed by atoms with van der Waals surface area (Å²) in [4.78, 5) is 0. The molecule has 2 aromatic rings. The lowest BCUT2D eigenvalue weighted by Crippen LogP contribution is -1.94. The van der Waals surface area contributed by atoms with Crippen molar-refractivity contribution in [3.63, 3.8) is 0 Å². The maximum Gasteiger partial charge on any atom is -0.00991 e. The summed E-state index contributed by atoms with van der Waals surface area (Å²) in [6, 6.07) is 8.37. The minimum atomic E-state index is 1.09. The van der Waals surface area contributed by atoms with Crippen molar-refractivity contribution >= 4 is 35.1 Å². The Hall–Kier alpha value is -2.34. The summed E-state index contributed by atoms with van der Waals surface area (Å²) >= 11 is 0. The second-order valence-corrected chi connectivity index (χ2v) is 4.31. The Kier molecular flexibility index (Phi) is 3.82. The predicted molar refractivity (Wildman–Crippen MR) is 88.9 cm³/mol. The molecule has 0 saturated heterocycles. The van der Waals surface area contributed by atoms with Gasteiger partial charge < -0.3 is 0 Å². The first-order chi connectivity index (χ1) is 9.28. The number of hydrogen-bond acceptors (Lipinski definition) is 0. The van der Waals surface area contributed by atoms with Crippen molar-refractivity contribution < 1.29 is 0 Å². The molecule has 0 heteroatoms. The molecule has 0 amide bonds. The first kappa shape index (κ1) is 13.1. The van der Waals surface area contributed by atoms with Crippen molar-refractivity contribution in [2.75, 3.05) is 0 Å². The lowest BCUT2D eigenvalue weighted by Gasteiger charge is -2.15. The molecule has 0 N–H and O–H groups in total. The van der Waals surface area contributed by atoms with Gasteiger partial charge in [0.25, 0.3) is 0 Å². The molecule has 0 heterocycles. The van der Waals surface area contributed by atoms with Crippen LogP contribution in [0, 0.1) is 0 Å². The van der Waals surface area contributed by atoms with Gasteiger partial charge in [-0.05, 0) is 39.9 Å². The fraction of sp³-hybridized carbons (Fsp3) is 0.0526. The molecule has 0 saturated carbocycles. The lowest BCUT2D eigenvalue weighted by atomic mass is 9.88. The fourth-order valence-corrected chi connectivity index (χ4v) is 2.54. The molecule has 0 aliphatic heterocycles. The zero-order valence-corrected chi connectivity index (χ0v) is 11.3. The summed E-state index contributed by atoms with van der Waals surface area (Å²) in [5, 5.41) is 2.42. The van der Waals surface area contributed by atoms with Crippen LogP contribution in [0.4, 0.5) is 0 Å². The van der Waals surface area contributed by atoms with Gasteiger partial charge in [-0.3, -0.25) is 0 Å². The monoisotopic (exact) mass is 246 g/mol. The van der Waals surface area contributed by atoms with Crippen molar-refractivity contribution in [2.45, 2.75) is 6.92 Å². The van der Waals surface area contributed by atoms with Gasteiger partial charge in [0.2, 0.25) is 0 Å². The molecule has 0 radical (unpaired) electrons. The molecular weight excluding hydrogens is 228 g/mol. The Morgan fingerprint density at radius 2 is 1.21 bits per heavy atom. The molecule has 0 unspecified atom stereocenters. The van der Waals surface area contributed by atoms with E-state index in [1.807, 2.05) is 25.2 Å². The fourth-order valence-electron chi connectivity index (χ4n) is 2.54. The van der Waals surface area contributed by atoms with E-state index < -0.39 is 0 Å². The number of fused-ring (bicyclic) bond motifs is 1. The Morgan fingerprint density at radius 1 is 0.737 bits per heavy atom. The largest absolute Gasteiger partial charge is 0.0984 e. The van der Waals surface area contributed by atoms with E-state index in [0.29, 0.717) is 0 Å². The van der Waals surface area contributed by atoms with Crippen molar-refractivity contribution in [1.29, 1.82) is 0 Å². The van der Waals surface area contributed by atoms with Crippen molar-refractivity contribution in [2.24, 2.45) is 0 Å². The van der Waals surface area contributed by atoms with Gasteiger partial charge in [-0.15, -0.1) is 0 Å². The highest BCUT2D eigenvalue weighted by atomic mass is 14.2. The van der Waals surface area contributed by atoms with Gasteiger partial charge in [0.1, 0.15) is 0 Å². The molecule has 0 nitrogen and oxygen atoms in total. The van der Waals surface area contributed by atoms with Crippen LogP contribution in [-0.2, 0) is 0 Å². The summed E-state index contributed by atoms with van der Waals surface area (Å²) in [6.45, 7) is 13.9. The molecule has 0 spiro atoms. The molecule has 0 aliphatic rings. The normalized spacial score (nSPS) is 10.8. The van der Waals surface area contributed by atoms with Gasteiger partial charge in [0.05, 0.1) is 0 Å². The van der Waals surface area contributed by atoms with Crippen LogP contribution in [0.5, 0.6) is 0 Å². The first-order valence-corrected chi connectivity index (χ1v) is 6.37. The van der Waals surface area contributed by atoms with Crippen molar-refractivity contribution in [3.05, 3.63) is 72.3 Å². The average molecular weight is 246 g/mol. The molecule has 2 rings (SSSR count). The van der Waals surface area contributed by atoms with E-state index in [1.54, 1.807) is 0 Å². The molecule has 0 aliphatic carbocycles. The van der Waals surface area contributed by atoms with E-state index in [9.17, 15) is 0 Å². The topological polar surface area (TPSA) is 0 Å². The summed E-state index contributed by atoms with van der Waals surface area (Å²) < 4.78 is 0. The van der Waals surface area contributed by atoms with Crippen molar-refractivity contribution in [3.8, 4) is 0 Å². The third kappa shape index (κ3) is 2.06. The summed E-state index contributed by atoms with van der Waals surface area (Å²) in [5.74, 6) is 0. The lowest BCUT2D eigenvalue weighted by molar-refractivity contribution is 1.59. The van der Waals surface area contributed by atoms with E-state index in [4.69, 9.17) is 0 Å². The minimum absolute atomic E-state index is 1.09. The molecule has 0 aromatic heterocycles. The van der Waals surface area contributed by atoms with Gasteiger partial charge in [0.15, 0.2) is 0 Å². The van der Waals surface area contributed by atoms with Gasteiger partial charge in [-0.2, -0.15) is 0 Å². The molecule has 19 heavy (non-hydrogen) atoms. The van der Waals surface area contributed by atoms with Crippen LogP contribution < -0.4 is 0 Å². The standard InChI is InChI=1S/C19H18/c1-5-11-17-15(7-3)14(6-2)16(8-4)18-12-9-10-13-19(17)18/h5-13H,2-4H2,1H3/b11-5-. The Morgan fingerprint density at radius 3 is 1.68 bits per heavy atom. The van der Waals surface area contributed by atoms with Gasteiger partial charge >= 0.3 is 0 Å². The van der Waals surface area contributed by atoms with Gasteiger partial charge in [-0.1, -0.05) is 74.4 Å². The van der Waals surface area contributed by atoms with E-state index in [0.717, 1.165) is 16.7 Å². The first-order valence-electron chi connectivity index (χ1n) is 6.37. The van der Waals surface area contributed by atoms with Gasteiger partial charge in [-0.25, -0.2) is 0 Å². The van der Waals surface area contributed by atoms with Crippen LogP contribution >= 0.6 is 0 Å². The molecule has 0 atom stereocenters.